The van der Waals surface area contributed by atoms with Crippen LogP contribution in [0.2, 0.25) is 0 Å². The molecule has 0 unspecified atom stereocenters. The molecule has 1 saturated heterocycles. The Morgan fingerprint density at radius 2 is 2.24 bits per heavy atom. The number of benzene rings is 1. The summed E-state index contributed by atoms with van der Waals surface area (Å²) in [6.45, 7) is 1.68. The van der Waals surface area contributed by atoms with Crippen LogP contribution in [0.5, 0.6) is 0 Å². The van der Waals surface area contributed by atoms with Gasteiger partial charge in [0.15, 0.2) is 5.13 Å². The Kier molecular flexibility index (Phi) is 4.57. The highest BCUT2D eigenvalue weighted by atomic mass is 32.2. The molecular weight excluding hydrogens is 302 g/mol. The van der Waals surface area contributed by atoms with Gasteiger partial charge >= 0.3 is 0 Å². The second-order valence-corrected chi connectivity index (χ2v) is 6.68. The van der Waals surface area contributed by atoms with Gasteiger partial charge in [-0.15, -0.1) is 23.1 Å². The molecule has 0 saturated carbocycles. The van der Waals surface area contributed by atoms with Gasteiger partial charge in [-0.2, -0.15) is 0 Å². The van der Waals surface area contributed by atoms with Crippen LogP contribution in [0.4, 0.5) is 5.13 Å². The SMILES string of the molecule is CSc1ccc(-c2csc(NC(=O)[C@H]3CCNC3)n2)cc1. The number of rotatable bonds is 4. The maximum Gasteiger partial charge on any atom is 0.230 e. The van der Waals surface area contributed by atoms with Crippen molar-refractivity contribution in [3.8, 4) is 11.3 Å². The summed E-state index contributed by atoms with van der Waals surface area (Å²) in [6.07, 6.45) is 2.96. The minimum atomic E-state index is 0.0678. The van der Waals surface area contributed by atoms with Crippen LogP contribution in [-0.4, -0.2) is 30.2 Å². The molecule has 2 aromatic rings. The summed E-state index contributed by atoms with van der Waals surface area (Å²) in [5.74, 6) is 0.136. The van der Waals surface area contributed by atoms with Gasteiger partial charge in [0, 0.05) is 22.4 Å². The molecule has 1 amide bonds. The summed E-state index contributed by atoms with van der Waals surface area (Å²) in [7, 11) is 0. The predicted molar refractivity (Wildman–Crippen MR) is 88.9 cm³/mol. The molecule has 0 bridgehead atoms. The third-order valence-electron chi connectivity index (χ3n) is 3.55. The molecule has 0 spiro atoms. The van der Waals surface area contributed by atoms with Crippen molar-refractivity contribution < 1.29 is 4.79 Å². The van der Waals surface area contributed by atoms with Gasteiger partial charge in [0.25, 0.3) is 0 Å². The quantitative estimate of drug-likeness (QED) is 0.850. The first-order chi connectivity index (χ1) is 10.3. The van der Waals surface area contributed by atoms with Crippen molar-refractivity contribution in [3.05, 3.63) is 29.6 Å². The lowest BCUT2D eigenvalue weighted by Gasteiger charge is -2.06. The number of amides is 1. The van der Waals surface area contributed by atoms with E-state index < -0.39 is 0 Å². The molecule has 1 aromatic carbocycles. The maximum atomic E-state index is 12.1. The summed E-state index contributed by atoms with van der Waals surface area (Å²) >= 11 is 3.19. The molecule has 1 aliphatic rings. The molecule has 1 aromatic heterocycles. The fraction of sp³-hybridized carbons (Fsp3) is 0.333. The Labute approximate surface area is 132 Å². The van der Waals surface area contributed by atoms with E-state index >= 15 is 0 Å². The van der Waals surface area contributed by atoms with E-state index in [9.17, 15) is 4.79 Å². The molecular formula is C15H17N3OS2. The zero-order valence-electron chi connectivity index (χ0n) is 11.8. The number of carbonyl (C=O) groups is 1. The minimum absolute atomic E-state index is 0.0678. The highest BCUT2D eigenvalue weighted by Gasteiger charge is 2.23. The third kappa shape index (κ3) is 3.45. The number of carbonyl (C=O) groups excluding carboxylic acids is 1. The van der Waals surface area contributed by atoms with Gasteiger partial charge in [-0.25, -0.2) is 4.98 Å². The molecule has 4 nitrogen and oxygen atoms in total. The van der Waals surface area contributed by atoms with Crippen LogP contribution in [0.25, 0.3) is 11.3 Å². The first-order valence-electron chi connectivity index (χ1n) is 6.88. The van der Waals surface area contributed by atoms with E-state index in [4.69, 9.17) is 0 Å². The molecule has 2 N–H and O–H groups in total. The minimum Gasteiger partial charge on any atom is -0.316 e. The molecule has 3 rings (SSSR count). The van der Waals surface area contributed by atoms with Crippen molar-refractivity contribution in [1.82, 2.24) is 10.3 Å². The van der Waals surface area contributed by atoms with E-state index in [1.165, 1.54) is 16.2 Å². The van der Waals surface area contributed by atoms with Crippen molar-refractivity contribution in [2.75, 3.05) is 24.7 Å². The van der Waals surface area contributed by atoms with Crippen molar-refractivity contribution in [3.63, 3.8) is 0 Å². The molecule has 110 valence electrons. The molecule has 0 radical (unpaired) electrons. The van der Waals surface area contributed by atoms with Gasteiger partial charge in [0.05, 0.1) is 11.6 Å². The van der Waals surface area contributed by atoms with Crippen molar-refractivity contribution in [1.29, 1.82) is 0 Å². The van der Waals surface area contributed by atoms with Crippen LogP contribution in [0.1, 0.15) is 6.42 Å². The molecule has 0 aliphatic carbocycles. The van der Waals surface area contributed by atoms with Crippen LogP contribution in [0.3, 0.4) is 0 Å². The fourth-order valence-electron chi connectivity index (χ4n) is 2.31. The van der Waals surface area contributed by atoms with Gasteiger partial charge in [-0.3, -0.25) is 4.79 Å². The highest BCUT2D eigenvalue weighted by Crippen LogP contribution is 2.27. The van der Waals surface area contributed by atoms with Gasteiger partial charge in [-0.05, 0) is 31.4 Å². The van der Waals surface area contributed by atoms with Gasteiger partial charge in [-0.1, -0.05) is 12.1 Å². The summed E-state index contributed by atoms with van der Waals surface area (Å²) in [5.41, 5.74) is 1.99. The lowest BCUT2D eigenvalue weighted by molar-refractivity contribution is -0.119. The fourth-order valence-corrected chi connectivity index (χ4v) is 3.44. The summed E-state index contributed by atoms with van der Waals surface area (Å²) in [4.78, 5) is 17.8. The number of thiazole rings is 1. The largest absolute Gasteiger partial charge is 0.316 e. The van der Waals surface area contributed by atoms with E-state index in [1.807, 2.05) is 5.38 Å². The molecule has 2 heterocycles. The van der Waals surface area contributed by atoms with Crippen LogP contribution in [0, 0.1) is 5.92 Å². The topological polar surface area (TPSA) is 54.0 Å². The molecule has 21 heavy (non-hydrogen) atoms. The molecule has 1 fully saturated rings. The maximum absolute atomic E-state index is 12.1. The number of aromatic nitrogens is 1. The lowest BCUT2D eigenvalue weighted by atomic mass is 10.1. The summed E-state index contributed by atoms with van der Waals surface area (Å²) in [6, 6.07) is 8.30. The zero-order chi connectivity index (χ0) is 14.7. The second-order valence-electron chi connectivity index (χ2n) is 4.95. The monoisotopic (exact) mass is 319 g/mol. The Hall–Kier alpha value is -1.37. The van der Waals surface area contributed by atoms with Crippen LogP contribution in [0.15, 0.2) is 34.5 Å². The number of nitrogens with zero attached hydrogens (tertiary/aromatic N) is 1. The predicted octanol–water partition coefficient (Wildman–Crippen LogP) is 3.08. The van der Waals surface area contributed by atoms with E-state index in [0.717, 1.165) is 30.8 Å². The van der Waals surface area contributed by atoms with Crippen LogP contribution < -0.4 is 10.6 Å². The average molecular weight is 319 g/mol. The smallest absolute Gasteiger partial charge is 0.230 e. The first-order valence-corrected chi connectivity index (χ1v) is 8.98. The van der Waals surface area contributed by atoms with E-state index in [2.05, 4.69) is 46.1 Å². The Morgan fingerprint density at radius 3 is 2.90 bits per heavy atom. The highest BCUT2D eigenvalue weighted by molar-refractivity contribution is 7.98. The number of hydrogen-bond donors (Lipinski definition) is 2. The number of nitrogens with one attached hydrogen (secondary N) is 2. The van der Waals surface area contributed by atoms with E-state index in [1.54, 1.807) is 11.8 Å². The number of thioether (sulfide) groups is 1. The molecule has 1 atom stereocenters. The number of anilines is 1. The normalized spacial score (nSPS) is 17.9. The lowest BCUT2D eigenvalue weighted by Crippen LogP contribution is -2.24. The third-order valence-corrected chi connectivity index (χ3v) is 5.05. The summed E-state index contributed by atoms with van der Waals surface area (Å²) in [5, 5.41) is 8.78. The van der Waals surface area contributed by atoms with Gasteiger partial charge < -0.3 is 10.6 Å². The van der Waals surface area contributed by atoms with Crippen LogP contribution >= 0.6 is 23.1 Å². The van der Waals surface area contributed by atoms with E-state index in [-0.39, 0.29) is 11.8 Å². The van der Waals surface area contributed by atoms with Gasteiger partial charge in [0.1, 0.15) is 0 Å². The Balaban J connectivity index is 1.68. The van der Waals surface area contributed by atoms with Crippen LogP contribution in [-0.2, 0) is 4.79 Å². The second kappa shape index (κ2) is 6.60. The standard InChI is InChI=1S/C15H17N3OS2/c1-20-12-4-2-10(3-5-12)13-9-21-15(17-13)18-14(19)11-6-7-16-8-11/h2-5,9,11,16H,6-8H2,1H3,(H,17,18,19)/t11-/m0/s1. The zero-order valence-corrected chi connectivity index (χ0v) is 13.4. The number of hydrogen-bond acceptors (Lipinski definition) is 5. The summed E-state index contributed by atoms with van der Waals surface area (Å²) < 4.78 is 0. The molecule has 6 heteroatoms. The van der Waals surface area contributed by atoms with Gasteiger partial charge in [0.2, 0.25) is 5.91 Å². The Bertz CT molecular complexity index is 618. The van der Waals surface area contributed by atoms with Crippen molar-refractivity contribution in [2.45, 2.75) is 11.3 Å². The van der Waals surface area contributed by atoms with E-state index in [0.29, 0.717) is 5.13 Å². The molecule has 1 aliphatic heterocycles. The van der Waals surface area contributed by atoms with Crippen molar-refractivity contribution >= 4 is 34.1 Å². The average Bonchev–Trinajstić information content (AvgIpc) is 3.19. The first kappa shape index (κ1) is 14.6. The van der Waals surface area contributed by atoms with Crippen molar-refractivity contribution in [2.24, 2.45) is 5.92 Å². The Morgan fingerprint density at radius 1 is 1.43 bits per heavy atom.